The van der Waals surface area contributed by atoms with Crippen molar-refractivity contribution in [1.82, 2.24) is 0 Å². The molecule has 1 aromatic rings. The molecule has 0 fully saturated rings. The van der Waals surface area contributed by atoms with Gasteiger partial charge in [-0.2, -0.15) is 0 Å². The van der Waals surface area contributed by atoms with Gasteiger partial charge in [0, 0.05) is 4.47 Å². The van der Waals surface area contributed by atoms with Gasteiger partial charge in [-0.25, -0.2) is 8.63 Å². The van der Waals surface area contributed by atoms with E-state index in [1.165, 1.54) is 12.1 Å². The number of rotatable bonds is 4. The third-order valence-corrected chi connectivity index (χ3v) is 3.73. The molecule has 0 saturated carbocycles. The molecule has 0 heterocycles. The molecular formula is C15H12BBrF2O2. The zero-order valence-corrected chi connectivity index (χ0v) is 12.8. The number of hydrogen-bond donors (Lipinski definition) is 1. The van der Waals surface area contributed by atoms with Gasteiger partial charge in [0.25, 0.3) is 0 Å². The highest BCUT2D eigenvalue weighted by Gasteiger charge is 2.21. The molecule has 1 N–H and O–H groups in total. The highest BCUT2D eigenvalue weighted by molar-refractivity contribution is 9.10. The Morgan fingerprint density at radius 1 is 1.29 bits per heavy atom. The standard InChI is InChI=1S/C15H12BBrF2O2/c1-10-8-15(21-16(18)19)12(9-13(10)17)14(20)7-6-11-4-2-3-5-11/h2-9,20H,1H3. The first-order chi connectivity index (χ1) is 9.97. The van der Waals surface area contributed by atoms with Gasteiger partial charge < -0.3 is 9.76 Å². The number of hydrogen-bond acceptors (Lipinski definition) is 2. The topological polar surface area (TPSA) is 29.5 Å². The summed E-state index contributed by atoms with van der Waals surface area (Å²) < 4.78 is 30.1. The Labute approximate surface area is 130 Å². The van der Waals surface area contributed by atoms with Crippen LogP contribution < -0.4 is 4.65 Å². The highest BCUT2D eigenvalue weighted by atomic mass is 79.9. The van der Waals surface area contributed by atoms with Crippen LogP contribution in [-0.2, 0) is 0 Å². The van der Waals surface area contributed by atoms with E-state index in [-0.39, 0.29) is 17.1 Å². The molecule has 6 heteroatoms. The lowest BCUT2D eigenvalue weighted by Gasteiger charge is -2.11. The van der Waals surface area contributed by atoms with Crippen LogP contribution in [0.2, 0.25) is 0 Å². The highest BCUT2D eigenvalue weighted by Crippen LogP contribution is 2.32. The Bertz CT molecular complexity index is 650. The van der Waals surface area contributed by atoms with E-state index in [0.717, 1.165) is 11.1 Å². The van der Waals surface area contributed by atoms with Gasteiger partial charge in [0.15, 0.2) is 0 Å². The number of benzene rings is 1. The van der Waals surface area contributed by atoms with E-state index in [2.05, 4.69) is 20.6 Å². The Kier molecular flexibility index (Phi) is 5.01. The number of aliphatic hydroxyl groups excluding tert-OH is 1. The lowest BCUT2D eigenvalue weighted by molar-refractivity contribution is 0.421. The molecule has 0 unspecified atom stereocenters. The van der Waals surface area contributed by atoms with Crippen molar-refractivity contribution < 1.29 is 18.4 Å². The van der Waals surface area contributed by atoms with Crippen LogP contribution in [0.25, 0.3) is 5.76 Å². The summed E-state index contributed by atoms with van der Waals surface area (Å²) in [4.78, 5) is 0. The van der Waals surface area contributed by atoms with Crippen molar-refractivity contribution in [2.75, 3.05) is 0 Å². The number of aryl methyl sites for hydroxylation is 1. The zero-order valence-electron chi connectivity index (χ0n) is 11.2. The molecule has 0 atom stereocenters. The van der Waals surface area contributed by atoms with E-state index in [4.69, 9.17) is 0 Å². The number of aliphatic hydroxyl groups is 1. The molecule has 21 heavy (non-hydrogen) atoms. The van der Waals surface area contributed by atoms with Gasteiger partial charge in [-0.3, -0.25) is 0 Å². The summed E-state index contributed by atoms with van der Waals surface area (Å²) in [6, 6.07) is 3.01. The summed E-state index contributed by atoms with van der Waals surface area (Å²) in [5.74, 6) is -0.206. The molecule has 0 saturated heterocycles. The average Bonchev–Trinajstić information content (AvgIpc) is 2.92. The first kappa shape index (κ1) is 15.6. The molecule has 1 aromatic carbocycles. The van der Waals surface area contributed by atoms with Crippen LogP contribution >= 0.6 is 15.9 Å². The van der Waals surface area contributed by atoms with Gasteiger partial charge in [0.05, 0.1) is 5.56 Å². The Hall–Kier alpha value is -1.82. The van der Waals surface area contributed by atoms with Crippen molar-refractivity contribution in [3.8, 4) is 5.75 Å². The fourth-order valence-corrected chi connectivity index (χ4v) is 2.16. The van der Waals surface area contributed by atoms with Crippen molar-refractivity contribution in [3.05, 3.63) is 69.8 Å². The maximum atomic E-state index is 12.5. The van der Waals surface area contributed by atoms with Crippen LogP contribution in [-0.4, -0.2) is 12.6 Å². The molecule has 1 aliphatic rings. The predicted molar refractivity (Wildman–Crippen MR) is 84.4 cm³/mol. The maximum absolute atomic E-state index is 12.5. The van der Waals surface area contributed by atoms with E-state index in [9.17, 15) is 13.7 Å². The zero-order chi connectivity index (χ0) is 15.4. The van der Waals surface area contributed by atoms with Crippen LogP contribution in [0.5, 0.6) is 5.75 Å². The van der Waals surface area contributed by atoms with E-state index in [1.807, 2.05) is 24.3 Å². The van der Waals surface area contributed by atoms with Crippen molar-refractivity contribution in [2.45, 2.75) is 6.92 Å². The third kappa shape index (κ3) is 4.08. The van der Waals surface area contributed by atoms with Crippen LogP contribution in [0.3, 0.4) is 0 Å². The lowest BCUT2D eigenvalue weighted by atomic mass is 10.1. The minimum Gasteiger partial charge on any atom is -0.507 e. The van der Waals surface area contributed by atoms with Crippen LogP contribution in [0, 0.1) is 6.92 Å². The molecule has 0 amide bonds. The van der Waals surface area contributed by atoms with E-state index in [1.54, 1.807) is 19.1 Å². The van der Waals surface area contributed by atoms with Gasteiger partial charge in [0.1, 0.15) is 11.5 Å². The van der Waals surface area contributed by atoms with Crippen LogP contribution in [0.1, 0.15) is 11.1 Å². The Balaban J connectivity index is 2.38. The maximum Gasteiger partial charge on any atom is 0.796 e. The van der Waals surface area contributed by atoms with E-state index < -0.39 is 7.47 Å². The van der Waals surface area contributed by atoms with Crippen molar-refractivity contribution in [1.29, 1.82) is 0 Å². The van der Waals surface area contributed by atoms with Gasteiger partial charge in [0.2, 0.25) is 0 Å². The summed E-state index contributed by atoms with van der Waals surface area (Å²) >= 11 is 3.31. The largest absolute Gasteiger partial charge is 0.796 e. The molecule has 0 spiro atoms. The van der Waals surface area contributed by atoms with E-state index in [0.29, 0.717) is 4.47 Å². The van der Waals surface area contributed by atoms with Crippen molar-refractivity contribution in [3.63, 3.8) is 0 Å². The molecule has 0 bridgehead atoms. The van der Waals surface area contributed by atoms with Gasteiger partial charge in [-0.05, 0) is 36.3 Å². The minimum absolute atomic E-state index is 0.0599. The van der Waals surface area contributed by atoms with E-state index >= 15 is 0 Å². The molecule has 0 aromatic heterocycles. The summed E-state index contributed by atoms with van der Waals surface area (Å²) in [6.07, 6.45) is 10.6. The molecule has 108 valence electrons. The second-order valence-electron chi connectivity index (χ2n) is 4.41. The molecule has 2 rings (SSSR count). The van der Waals surface area contributed by atoms with Gasteiger partial charge in [-0.1, -0.05) is 46.3 Å². The fourth-order valence-electron chi connectivity index (χ4n) is 1.81. The fraction of sp³-hybridized carbons (Fsp3) is 0.0667. The van der Waals surface area contributed by atoms with Crippen LogP contribution in [0.15, 0.2) is 58.6 Å². The molecule has 2 nitrogen and oxygen atoms in total. The number of allylic oxidation sites excluding steroid dienone is 7. The quantitative estimate of drug-likeness (QED) is 0.609. The monoisotopic (exact) mass is 352 g/mol. The molecule has 0 aliphatic heterocycles. The SMILES string of the molecule is Cc1cc(OB(F)F)c(C(O)=CC=C2C=CC=C2)cc1Br. The van der Waals surface area contributed by atoms with Gasteiger partial charge in [-0.15, -0.1) is 0 Å². The molecule has 0 radical (unpaired) electrons. The van der Waals surface area contributed by atoms with Crippen LogP contribution in [0.4, 0.5) is 8.63 Å². The predicted octanol–water partition coefficient (Wildman–Crippen LogP) is 5.01. The normalized spacial score (nSPS) is 13.7. The smallest absolute Gasteiger partial charge is 0.507 e. The Morgan fingerprint density at radius 3 is 2.57 bits per heavy atom. The van der Waals surface area contributed by atoms with Crippen molar-refractivity contribution in [2.24, 2.45) is 0 Å². The van der Waals surface area contributed by atoms with Gasteiger partial charge >= 0.3 is 7.47 Å². The Morgan fingerprint density at radius 2 is 1.95 bits per heavy atom. The minimum atomic E-state index is -2.95. The lowest BCUT2D eigenvalue weighted by Crippen LogP contribution is -2.10. The second-order valence-corrected chi connectivity index (χ2v) is 5.27. The first-order valence-electron chi connectivity index (χ1n) is 6.18. The molecule has 1 aliphatic carbocycles. The second kappa shape index (κ2) is 6.76. The average molecular weight is 353 g/mol. The summed E-state index contributed by atoms with van der Waals surface area (Å²) in [6.45, 7) is 1.75. The third-order valence-electron chi connectivity index (χ3n) is 2.87. The summed E-state index contributed by atoms with van der Waals surface area (Å²) in [5.41, 5.74) is 1.85. The first-order valence-corrected chi connectivity index (χ1v) is 6.97. The summed E-state index contributed by atoms with van der Waals surface area (Å²) in [7, 11) is -2.95. The van der Waals surface area contributed by atoms with Crippen molar-refractivity contribution >= 4 is 29.2 Å². The molecular weight excluding hydrogens is 341 g/mol. The number of halogens is 3. The summed E-state index contributed by atoms with van der Waals surface area (Å²) in [5, 5.41) is 10.1.